The third-order valence-corrected chi connectivity index (χ3v) is 8.11. The van der Waals surface area contributed by atoms with Crippen molar-refractivity contribution in [2.45, 2.75) is 99.3 Å². The van der Waals surface area contributed by atoms with E-state index in [2.05, 4.69) is 26.5 Å². The standard InChI is InChI=1S/C21H32.2C2H6/c1-4-16-7-10-20-19-9-6-15-13-14(2)5-8-17(15)18(19)11-12-21(16,20)3;2*1-2/h13,16-20H,2,4-12H2,1,3H3;2*1-2H3. The SMILES string of the molecule is C=C1C=C2CCC3C(CCC4(C)C(CC)CCC34)C2CC1.CC.CC. The monoisotopic (exact) mass is 344 g/mol. The van der Waals surface area contributed by atoms with Crippen LogP contribution in [0.1, 0.15) is 99.3 Å². The van der Waals surface area contributed by atoms with Crippen molar-refractivity contribution in [3.8, 4) is 0 Å². The summed E-state index contributed by atoms with van der Waals surface area (Å²) in [7, 11) is 0. The lowest BCUT2D eigenvalue weighted by Crippen LogP contribution is -2.46. The highest BCUT2D eigenvalue weighted by Gasteiger charge is 2.55. The molecule has 0 bridgehead atoms. The van der Waals surface area contributed by atoms with Crippen LogP contribution in [0.5, 0.6) is 0 Å². The molecule has 0 radical (unpaired) electrons. The molecule has 0 aliphatic heterocycles. The summed E-state index contributed by atoms with van der Waals surface area (Å²) in [6.07, 6.45) is 15.5. The number of hydrogen-bond donors (Lipinski definition) is 0. The maximum atomic E-state index is 4.22. The van der Waals surface area contributed by atoms with E-state index in [-0.39, 0.29) is 0 Å². The Balaban J connectivity index is 0.000000528. The van der Waals surface area contributed by atoms with Crippen molar-refractivity contribution in [2.24, 2.45) is 35.0 Å². The third-order valence-electron chi connectivity index (χ3n) is 8.11. The zero-order chi connectivity index (χ0) is 18.6. The minimum absolute atomic E-state index is 0.690. The summed E-state index contributed by atoms with van der Waals surface area (Å²) in [5.74, 6) is 5.07. The van der Waals surface area contributed by atoms with Gasteiger partial charge in [0.2, 0.25) is 0 Å². The van der Waals surface area contributed by atoms with Gasteiger partial charge in [0.15, 0.2) is 0 Å². The summed E-state index contributed by atoms with van der Waals surface area (Å²) in [6.45, 7) is 17.3. The van der Waals surface area contributed by atoms with Crippen molar-refractivity contribution in [3.05, 3.63) is 23.8 Å². The van der Waals surface area contributed by atoms with E-state index < -0.39 is 0 Å². The molecule has 6 atom stereocenters. The topological polar surface area (TPSA) is 0 Å². The first-order valence-electron chi connectivity index (χ1n) is 11.5. The predicted octanol–water partition coefficient (Wildman–Crippen LogP) is 8.19. The van der Waals surface area contributed by atoms with Crippen molar-refractivity contribution >= 4 is 0 Å². The summed E-state index contributed by atoms with van der Waals surface area (Å²) >= 11 is 0. The van der Waals surface area contributed by atoms with Crippen LogP contribution in [0.25, 0.3) is 0 Å². The van der Waals surface area contributed by atoms with Gasteiger partial charge < -0.3 is 0 Å². The fourth-order valence-electron chi connectivity index (χ4n) is 7.06. The molecule has 0 heteroatoms. The first-order valence-corrected chi connectivity index (χ1v) is 11.5. The van der Waals surface area contributed by atoms with Crippen LogP contribution in [0.3, 0.4) is 0 Å². The van der Waals surface area contributed by atoms with Gasteiger partial charge in [-0.05, 0) is 86.4 Å². The van der Waals surface area contributed by atoms with Crippen LogP contribution in [0.2, 0.25) is 0 Å². The lowest BCUT2D eigenvalue weighted by molar-refractivity contribution is -0.0214. The largest absolute Gasteiger partial charge is 0.0958 e. The molecule has 0 aromatic carbocycles. The van der Waals surface area contributed by atoms with Crippen molar-refractivity contribution in [3.63, 3.8) is 0 Å². The Morgan fingerprint density at radius 1 is 0.960 bits per heavy atom. The maximum Gasteiger partial charge on any atom is -0.0166 e. The van der Waals surface area contributed by atoms with Gasteiger partial charge in [-0.2, -0.15) is 0 Å². The molecule has 144 valence electrons. The number of rotatable bonds is 1. The Bertz CT molecular complexity index is 470. The molecular formula is C25H44. The molecule has 0 aromatic rings. The van der Waals surface area contributed by atoms with Gasteiger partial charge in [0.05, 0.1) is 0 Å². The van der Waals surface area contributed by atoms with Crippen LogP contribution in [0.15, 0.2) is 23.8 Å². The van der Waals surface area contributed by atoms with Crippen LogP contribution in [-0.4, -0.2) is 0 Å². The van der Waals surface area contributed by atoms with Crippen LogP contribution in [0, 0.1) is 35.0 Å². The minimum Gasteiger partial charge on any atom is -0.0958 e. The Labute approximate surface area is 158 Å². The highest BCUT2D eigenvalue weighted by atomic mass is 14.6. The van der Waals surface area contributed by atoms with Gasteiger partial charge in [0, 0.05) is 0 Å². The molecule has 0 saturated heterocycles. The van der Waals surface area contributed by atoms with E-state index in [1.165, 1.54) is 63.4 Å². The second-order valence-corrected chi connectivity index (χ2v) is 8.72. The Morgan fingerprint density at radius 3 is 2.36 bits per heavy atom. The Morgan fingerprint density at radius 2 is 1.68 bits per heavy atom. The minimum atomic E-state index is 0.690. The second kappa shape index (κ2) is 8.92. The van der Waals surface area contributed by atoms with E-state index in [0.29, 0.717) is 5.41 Å². The molecule has 0 spiro atoms. The molecule has 3 fully saturated rings. The molecule has 25 heavy (non-hydrogen) atoms. The number of hydrogen-bond acceptors (Lipinski definition) is 0. The van der Waals surface area contributed by atoms with Crippen molar-refractivity contribution < 1.29 is 0 Å². The summed E-state index contributed by atoms with van der Waals surface area (Å²) in [6, 6.07) is 0. The van der Waals surface area contributed by atoms with E-state index in [1.54, 1.807) is 5.57 Å². The number of fused-ring (bicyclic) bond motifs is 5. The normalized spacial score (nSPS) is 41.8. The van der Waals surface area contributed by atoms with Gasteiger partial charge in [0.25, 0.3) is 0 Å². The first-order chi connectivity index (χ1) is 12.1. The summed E-state index contributed by atoms with van der Waals surface area (Å²) < 4.78 is 0. The van der Waals surface area contributed by atoms with Crippen molar-refractivity contribution in [1.29, 1.82) is 0 Å². The van der Waals surface area contributed by atoms with Gasteiger partial charge in [-0.3, -0.25) is 0 Å². The molecule has 0 amide bonds. The van der Waals surface area contributed by atoms with Crippen LogP contribution in [0.4, 0.5) is 0 Å². The highest BCUT2D eigenvalue weighted by molar-refractivity contribution is 5.29. The number of allylic oxidation sites excluding steroid dienone is 3. The quantitative estimate of drug-likeness (QED) is 0.449. The zero-order valence-electron chi connectivity index (χ0n) is 18.0. The van der Waals surface area contributed by atoms with E-state index in [9.17, 15) is 0 Å². The van der Waals surface area contributed by atoms with Crippen LogP contribution < -0.4 is 0 Å². The van der Waals surface area contributed by atoms with Gasteiger partial charge in [-0.25, -0.2) is 0 Å². The average Bonchev–Trinajstić information content (AvgIpc) is 3.01. The van der Waals surface area contributed by atoms with Gasteiger partial charge in [-0.1, -0.05) is 71.8 Å². The molecular weight excluding hydrogens is 300 g/mol. The molecule has 0 nitrogen and oxygen atoms in total. The summed E-state index contributed by atoms with van der Waals surface area (Å²) in [5, 5.41) is 0. The van der Waals surface area contributed by atoms with Crippen LogP contribution >= 0.6 is 0 Å². The average molecular weight is 345 g/mol. The molecule has 0 aromatic heterocycles. The van der Waals surface area contributed by atoms with Gasteiger partial charge >= 0.3 is 0 Å². The van der Waals surface area contributed by atoms with Gasteiger partial charge in [-0.15, -0.1) is 0 Å². The summed E-state index contributed by atoms with van der Waals surface area (Å²) in [4.78, 5) is 0. The fraction of sp³-hybridized carbons (Fsp3) is 0.840. The molecule has 3 saturated carbocycles. The predicted molar refractivity (Wildman–Crippen MR) is 113 cm³/mol. The molecule has 6 unspecified atom stereocenters. The summed E-state index contributed by atoms with van der Waals surface area (Å²) in [5.41, 5.74) is 3.86. The lowest BCUT2D eigenvalue weighted by atomic mass is 9.51. The third kappa shape index (κ3) is 3.65. The van der Waals surface area contributed by atoms with Crippen LogP contribution in [-0.2, 0) is 0 Å². The Kier molecular flexibility index (Phi) is 7.41. The molecule has 0 N–H and O–H groups in total. The molecule has 4 aliphatic carbocycles. The van der Waals surface area contributed by atoms with Crippen molar-refractivity contribution in [2.75, 3.05) is 0 Å². The molecule has 4 aliphatic rings. The molecule has 4 rings (SSSR count). The van der Waals surface area contributed by atoms with Gasteiger partial charge in [0.1, 0.15) is 0 Å². The van der Waals surface area contributed by atoms with E-state index >= 15 is 0 Å². The fourth-order valence-corrected chi connectivity index (χ4v) is 7.06. The van der Waals surface area contributed by atoms with E-state index in [4.69, 9.17) is 0 Å². The Hall–Kier alpha value is -0.520. The van der Waals surface area contributed by atoms with Crippen molar-refractivity contribution in [1.82, 2.24) is 0 Å². The maximum absolute atomic E-state index is 4.22. The zero-order valence-corrected chi connectivity index (χ0v) is 18.0. The lowest BCUT2D eigenvalue weighted by Gasteiger charge is -2.54. The highest BCUT2D eigenvalue weighted by Crippen LogP contribution is 2.64. The van der Waals surface area contributed by atoms with E-state index in [1.807, 2.05) is 27.7 Å². The smallest absolute Gasteiger partial charge is 0.0166 e. The second-order valence-electron chi connectivity index (χ2n) is 8.72. The van der Waals surface area contributed by atoms with E-state index in [0.717, 1.165) is 29.6 Å². The molecule has 0 heterocycles. The first kappa shape index (κ1) is 20.8.